The molecule has 21 heavy (non-hydrogen) atoms. The quantitative estimate of drug-likeness (QED) is 0.738. The van der Waals surface area contributed by atoms with Gasteiger partial charge in [-0.15, -0.1) is 0 Å². The van der Waals surface area contributed by atoms with Crippen LogP contribution in [-0.4, -0.2) is 34.8 Å². The molecule has 1 aromatic heterocycles. The van der Waals surface area contributed by atoms with Gasteiger partial charge in [0.05, 0.1) is 18.2 Å². The monoisotopic (exact) mass is 292 g/mol. The maximum Gasteiger partial charge on any atom is 0.243 e. The molecule has 2 rings (SSSR count). The Bertz CT molecular complexity index is 636. The molecular formula is C14H20N4O3. The molecular weight excluding hydrogens is 272 g/mol. The molecule has 0 saturated carbocycles. The molecule has 0 radical (unpaired) electrons. The fourth-order valence-electron chi connectivity index (χ4n) is 2.05. The number of nitrogens with zero attached hydrogens (tertiary/aromatic N) is 2. The molecule has 4 N–H and O–H groups in total. The van der Waals surface area contributed by atoms with Crippen molar-refractivity contribution in [3.8, 4) is 5.75 Å². The van der Waals surface area contributed by atoms with E-state index >= 15 is 0 Å². The lowest BCUT2D eigenvalue weighted by atomic mass is 10.3. The number of carbonyl (C=O) groups excluding carboxylic acids is 1. The second-order valence-corrected chi connectivity index (χ2v) is 4.93. The van der Waals surface area contributed by atoms with E-state index in [0.717, 1.165) is 11.0 Å². The number of carbonyl (C=O) groups is 1. The lowest BCUT2D eigenvalue weighted by Crippen LogP contribution is -2.20. The van der Waals surface area contributed by atoms with Crippen molar-refractivity contribution >= 4 is 22.9 Å². The maximum absolute atomic E-state index is 10.6. The first-order chi connectivity index (χ1) is 9.99. The number of imidazole rings is 1. The topological polar surface area (TPSA) is 105 Å². The Hall–Kier alpha value is -2.28. The first-order valence-electron chi connectivity index (χ1n) is 6.76. The highest BCUT2D eigenvalue weighted by Gasteiger charge is 2.13. The molecule has 0 aliphatic heterocycles. The average Bonchev–Trinajstić information content (AvgIpc) is 2.71. The van der Waals surface area contributed by atoms with E-state index in [2.05, 4.69) is 4.98 Å². The number of para-hydroxylation sites is 1. The van der Waals surface area contributed by atoms with Crippen LogP contribution in [0.5, 0.6) is 5.75 Å². The van der Waals surface area contributed by atoms with E-state index < -0.39 is 5.91 Å². The third-order valence-electron chi connectivity index (χ3n) is 2.84. The van der Waals surface area contributed by atoms with Crippen LogP contribution in [0.15, 0.2) is 18.2 Å². The summed E-state index contributed by atoms with van der Waals surface area (Å²) in [4.78, 5) is 15.0. The number of fused-ring (bicyclic) bond motifs is 1. The van der Waals surface area contributed by atoms with E-state index in [-0.39, 0.29) is 12.7 Å². The van der Waals surface area contributed by atoms with Gasteiger partial charge >= 0.3 is 0 Å². The standard InChI is InChI=1S/C14H20N4O3/c1-9(2)21-11-5-3-4-10-13(11)17-14(16)18(10)6-7-20-8-12(15)19/h3-5,9H,6-8H2,1-2H3,(H2,15,19)(H2,16,17). The van der Waals surface area contributed by atoms with Crippen molar-refractivity contribution in [2.24, 2.45) is 5.73 Å². The predicted molar refractivity (Wildman–Crippen MR) is 79.9 cm³/mol. The van der Waals surface area contributed by atoms with Crippen molar-refractivity contribution < 1.29 is 14.3 Å². The summed E-state index contributed by atoms with van der Waals surface area (Å²) in [5, 5.41) is 0. The van der Waals surface area contributed by atoms with Gasteiger partial charge in [0.2, 0.25) is 11.9 Å². The number of primary amides is 1. The van der Waals surface area contributed by atoms with Crippen molar-refractivity contribution in [3.63, 3.8) is 0 Å². The van der Waals surface area contributed by atoms with E-state index in [9.17, 15) is 4.79 Å². The summed E-state index contributed by atoms with van der Waals surface area (Å²) in [6.45, 7) is 4.62. The van der Waals surface area contributed by atoms with Gasteiger partial charge in [-0.2, -0.15) is 0 Å². The zero-order chi connectivity index (χ0) is 15.4. The van der Waals surface area contributed by atoms with Gasteiger partial charge in [-0.05, 0) is 26.0 Å². The molecule has 1 heterocycles. The summed E-state index contributed by atoms with van der Waals surface area (Å²) < 4.78 is 12.7. The summed E-state index contributed by atoms with van der Waals surface area (Å²) >= 11 is 0. The van der Waals surface area contributed by atoms with Crippen LogP contribution in [0.25, 0.3) is 11.0 Å². The molecule has 0 saturated heterocycles. The lowest BCUT2D eigenvalue weighted by molar-refractivity contribution is -0.122. The fourth-order valence-corrected chi connectivity index (χ4v) is 2.05. The highest BCUT2D eigenvalue weighted by molar-refractivity contribution is 5.84. The SMILES string of the molecule is CC(C)Oc1cccc2c1nc(N)n2CCOCC(N)=O. The maximum atomic E-state index is 10.6. The van der Waals surface area contributed by atoms with Gasteiger partial charge in [0.25, 0.3) is 0 Å². The van der Waals surface area contributed by atoms with E-state index in [4.69, 9.17) is 20.9 Å². The molecule has 7 nitrogen and oxygen atoms in total. The molecule has 114 valence electrons. The number of aromatic nitrogens is 2. The Morgan fingerprint density at radius 2 is 2.19 bits per heavy atom. The van der Waals surface area contributed by atoms with E-state index in [1.165, 1.54) is 0 Å². The molecule has 7 heteroatoms. The molecule has 0 aliphatic carbocycles. The summed E-state index contributed by atoms with van der Waals surface area (Å²) in [6, 6.07) is 5.67. The minimum atomic E-state index is -0.494. The molecule has 0 fully saturated rings. The van der Waals surface area contributed by atoms with E-state index in [1.54, 1.807) is 0 Å². The van der Waals surface area contributed by atoms with Gasteiger partial charge in [0.1, 0.15) is 17.9 Å². The smallest absolute Gasteiger partial charge is 0.243 e. The van der Waals surface area contributed by atoms with Crippen LogP contribution < -0.4 is 16.2 Å². The van der Waals surface area contributed by atoms with Crippen molar-refractivity contribution in [2.45, 2.75) is 26.5 Å². The Labute approximate surface area is 122 Å². The number of ether oxygens (including phenoxy) is 2. The minimum absolute atomic E-state index is 0.0564. The lowest BCUT2D eigenvalue weighted by Gasteiger charge is -2.10. The van der Waals surface area contributed by atoms with Crippen LogP contribution in [0.2, 0.25) is 0 Å². The zero-order valence-electron chi connectivity index (χ0n) is 12.2. The van der Waals surface area contributed by atoms with E-state index in [1.807, 2.05) is 36.6 Å². The second kappa shape index (κ2) is 6.45. The summed E-state index contributed by atoms with van der Waals surface area (Å²) in [5.41, 5.74) is 12.5. The number of hydrogen-bond donors (Lipinski definition) is 2. The Balaban J connectivity index is 2.20. The van der Waals surface area contributed by atoms with Crippen LogP contribution in [0.1, 0.15) is 13.8 Å². The highest BCUT2D eigenvalue weighted by atomic mass is 16.5. The number of amides is 1. The third kappa shape index (κ3) is 3.63. The van der Waals surface area contributed by atoms with Gasteiger partial charge in [-0.25, -0.2) is 4.98 Å². The Morgan fingerprint density at radius 3 is 2.86 bits per heavy atom. The third-order valence-corrected chi connectivity index (χ3v) is 2.84. The summed E-state index contributed by atoms with van der Waals surface area (Å²) in [7, 11) is 0. The van der Waals surface area contributed by atoms with Crippen LogP contribution in [-0.2, 0) is 16.1 Å². The van der Waals surface area contributed by atoms with Crippen LogP contribution in [0, 0.1) is 0 Å². The highest BCUT2D eigenvalue weighted by Crippen LogP contribution is 2.27. The first-order valence-corrected chi connectivity index (χ1v) is 6.76. The number of rotatable bonds is 7. The van der Waals surface area contributed by atoms with E-state index in [0.29, 0.717) is 24.8 Å². The van der Waals surface area contributed by atoms with Gasteiger partial charge in [0.15, 0.2) is 0 Å². The molecule has 1 amide bonds. The second-order valence-electron chi connectivity index (χ2n) is 4.93. The fraction of sp³-hybridized carbons (Fsp3) is 0.429. The Kier molecular flexibility index (Phi) is 4.64. The zero-order valence-corrected chi connectivity index (χ0v) is 12.2. The largest absolute Gasteiger partial charge is 0.489 e. The van der Waals surface area contributed by atoms with Crippen LogP contribution in [0.3, 0.4) is 0 Å². The van der Waals surface area contributed by atoms with Gasteiger partial charge in [0, 0.05) is 6.54 Å². The summed E-state index contributed by atoms with van der Waals surface area (Å²) in [5.74, 6) is 0.588. The first kappa shape index (κ1) is 15.1. The molecule has 0 spiro atoms. The Morgan fingerprint density at radius 1 is 1.43 bits per heavy atom. The van der Waals surface area contributed by atoms with Crippen molar-refractivity contribution in [2.75, 3.05) is 18.9 Å². The average molecular weight is 292 g/mol. The van der Waals surface area contributed by atoms with Crippen molar-refractivity contribution in [3.05, 3.63) is 18.2 Å². The molecule has 0 atom stereocenters. The van der Waals surface area contributed by atoms with Crippen molar-refractivity contribution in [1.29, 1.82) is 0 Å². The predicted octanol–water partition coefficient (Wildman–Crippen LogP) is 0.908. The van der Waals surface area contributed by atoms with Gasteiger partial charge in [-0.3, -0.25) is 4.79 Å². The molecule has 1 aromatic carbocycles. The van der Waals surface area contributed by atoms with Gasteiger partial charge in [-0.1, -0.05) is 6.07 Å². The van der Waals surface area contributed by atoms with Crippen molar-refractivity contribution in [1.82, 2.24) is 9.55 Å². The number of hydrogen-bond acceptors (Lipinski definition) is 5. The number of benzene rings is 1. The molecule has 0 aliphatic rings. The number of nitrogen functional groups attached to an aromatic ring is 1. The number of anilines is 1. The number of nitrogens with two attached hydrogens (primary N) is 2. The normalized spacial score (nSPS) is 11.2. The van der Waals surface area contributed by atoms with Crippen LogP contribution >= 0.6 is 0 Å². The molecule has 0 unspecified atom stereocenters. The summed E-state index contributed by atoms with van der Waals surface area (Å²) in [6.07, 6.45) is 0.0564. The van der Waals surface area contributed by atoms with Gasteiger partial charge < -0.3 is 25.5 Å². The van der Waals surface area contributed by atoms with Crippen LogP contribution in [0.4, 0.5) is 5.95 Å². The molecule has 0 bridgehead atoms. The minimum Gasteiger partial charge on any atom is -0.489 e. The molecule has 2 aromatic rings.